The Hall–Kier alpha value is -1.65. The molecule has 0 aromatic rings. The minimum absolute atomic E-state index is 0.195. The van der Waals surface area contributed by atoms with Crippen molar-refractivity contribution in [3.63, 3.8) is 0 Å². The van der Waals surface area contributed by atoms with Crippen molar-refractivity contribution in [2.45, 2.75) is 78.6 Å². The van der Waals surface area contributed by atoms with Gasteiger partial charge >= 0.3 is 6.09 Å². The SMILES string of the molecule is CCCC1(C)/C(=C\C=O)CCC2C3CCC(C/C(C)=N/OC(=O)NC)C3CCC21. The molecule has 0 radical (unpaired) electrons. The molecule has 0 bridgehead atoms. The van der Waals surface area contributed by atoms with E-state index in [1.54, 1.807) is 7.05 Å². The predicted octanol–water partition coefficient (Wildman–Crippen LogP) is 5.50. The van der Waals surface area contributed by atoms with E-state index in [1.165, 1.54) is 50.5 Å². The van der Waals surface area contributed by atoms with Crippen molar-refractivity contribution in [2.24, 2.45) is 40.2 Å². The van der Waals surface area contributed by atoms with Crippen LogP contribution < -0.4 is 5.32 Å². The highest BCUT2D eigenvalue weighted by Crippen LogP contribution is 2.62. The number of nitrogens with zero attached hydrogens (tertiary/aromatic N) is 1. The predicted molar refractivity (Wildman–Crippen MR) is 116 cm³/mol. The number of carbonyl (C=O) groups is 2. The first-order valence-corrected chi connectivity index (χ1v) is 11.5. The first kappa shape index (κ1) is 22.0. The van der Waals surface area contributed by atoms with Gasteiger partial charge in [-0.15, -0.1) is 0 Å². The van der Waals surface area contributed by atoms with E-state index in [0.717, 1.165) is 42.6 Å². The summed E-state index contributed by atoms with van der Waals surface area (Å²) in [7, 11) is 1.54. The molecule has 3 rings (SSSR count). The molecule has 5 nitrogen and oxygen atoms in total. The highest BCUT2D eigenvalue weighted by molar-refractivity contribution is 5.82. The van der Waals surface area contributed by atoms with Crippen molar-refractivity contribution in [3.05, 3.63) is 11.6 Å². The van der Waals surface area contributed by atoms with Gasteiger partial charge in [0.2, 0.25) is 0 Å². The summed E-state index contributed by atoms with van der Waals surface area (Å²) in [4.78, 5) is 27.4. The molecule has 1 N–H and O–H groups in total. The third kappa shape index (κ3) is 4.44. The van der Waals surface area contributed by atoms with Gasteiger partial charge in [0, 0.05) is 7.05 Å². The number of hydrogen-bond donors (Lipinski definition) is 1. The van der Waals surface area contributed by atoms with E-state index in [1.807, 2.05) is 13.0 Å². The van der Waals surface area contributed by atoms with Crippen LogP contribution >= 0.6 is 0 Å². The van der Waals surface area contributed by atoms with Crippen LogP contribution in [0.2, 0.25) is 0 Å². The maximum atomic E-state index is 11.3. The van der Waals surface area contributed by atoms with Gasteiger partial charge in [-0.05, 0) is 99.4 Å². The Kier molecular flexibility index (Phi) is 7.18. The quantitative estimate of drug-likeness (QED) is 0.210. The van der Waals surface area contributed by atoms with E-state index in [0.29, 0.717) is 11.8 Å². The fourth-order valence-electron chi connectivity index (χ4n) is 7.16. The second-order valence-electron chi connectivity index (χ2n) is 9.71. The topological polar surface area (TPSA) is 67.8 Å². The standard InChI is InChI=1S/C24H38N2O3/c1-5-13-24(3)18(12-14-27)7-9-21-20-8-6-17(19(20)10-11-22(21)24)15-16(2)26-29-23(28)25-4/h12,14,17,19-22H,5-11,13,15H2,1-4H3,(H,25,28)/b18-12-,26-16+. The first-order valence-electron chi connectivity index (χ1n) is 11.5. The highest BCUT2D eigenvalue weighted by Gasteiger charge is 2.53. The molecule has 5 heteroatoms. The van der Waals surface area contributed by atoms with Crippen LogP contribution in [0.15, 0.2) is 16.8 Å². The lowest BCUT2D eigenvalue weighted by atomic mass is 9.50. The Morgan fingerprint density at radius 1 is 1.21 bits per heavy atom. The van der Waals surface area contributed by atoms with E-state index in [2.05, 4.69) is 24.3 Å². The molecule has 3 aliphatic rings. The van der Waals surface area contributed by atoms with Gasteiger partial charge < -0.3 is 5.32 Å². The Morgan fingerprint density at radius 3 is 2.66 bits per heavy atom. The molecular weight excluding hydrogens is 364 g/mol. The van der Waals surface area contributed by atoms with E-state index in [-0.39, 0.29) is 5.41 Å². The summed E-state index contributed by atoms with van der Waals surface area (Å²) in [5.74, 6) is 3.73. The van der Waals surface area contributed by atoms with Gasteiger partial charge in [-0.2, -0.15) is 0 Å². The van der Waals surface area contributed by atoms with Crippen LogP contribution in [0.3, 0.4) is 0 Å². The number of fused-ring (bicyclic) bond motifs is 3. The molecule has 3 saturated carbocycles. The maximum absolute atomic E-state index is 11.3. The third-order valence-electron chi connectivity index (χ3n) is 8.29. The second kappa shape index (κ2) is 9.44. The molecule has 3 fully saturated rings. The van der Waals surface area contributed by atoms with Gasteiger partial charge in [0.15, 0.2) is 0 Å². The highest BCUT2D eigenvalue weighted by atomic mass is 16.7. The van der Waals surface area contributed by atoms with Gasteiger partial charge in [0.05, 0.1) is 5.71 Å². The molecule has 0 heterocycles. The van der Waals surface area contributed by atoms with Crippen LogP contribution in [-0.4, -0.2) is 25.1 Å². The Bertz CT molecular complexity index is 671. The van der Waals surface area contributed by atoms with Crippen LogP contribution in [0.4, 0.5) is 4.79 Å². The van der Waals surface area contributed by atoms with Crippen molar-refractivity contribution in [3.8, 4) is 0 Å². The van der Waals surface area contributed by atoms with Crippen LogP contribution in [0.1, 0.15) is 78.6 Å². The normalized spacial score (nSPS) is 38.3. The molecule has 0 saturated heterocycles. The monoisotopic (exact) mass is 402 g/mol. The summed E-state index contributed by atoms with van der Waals surface area (Å²) in [6.45, 7) is 6.67. The van der Waals surface area contributed by atoms with Crippen LogP contribution in [0.5, 0.6) is 0 Å². The lowest BCUT2D eigenvalue weighted by molar-refractivity contribution is -0.104. The summed E-state index contributed by atoms with van der Waals surface area (Å²) in [6, 6.07) is 0. The molecule has 6 unspecified atom stereocenters. The van der Waals surface area contributed by atoms with Crippen LogP contribution in [-0.2, 0) is 9.63 Å². The van der Waals surface area contributed by atoms with Gasteiger partial charge in [0.25, 0.3) is 0 Å². The number of amides is 1. The van der Waals surface area contributed by atoms with E-state index >= 15 is 0 Å². The van der Waals surface area contributed by atoms with Crippen molar-refractivity contribution in [1.29, 1.82) is 0 Å². The lowest BCUT2D eigenvalue weighted by Crippen LogP contribution is -2.46. The van der Waals surface area contributed by atoms with Gasteiger partial charge in [0.1, 0.15) is 6.29 Å². The van der Waals surface area contributed by atoms with Gasteiger partial charge in [-0.25, -0.2) is 4.79 Å². The van der Waals surface area contributed by atoms with Crippen molar-refractivity contribution in [2.75, 3.05) is 7.05 Å². The van der Waals surface area contributed by atoms with Crippen LogP contribution in [0.25, 0.3) is 0 Å². The zero-order valence-corrected chi connectivity index (χ0v) is 18.6. The number of oxime groups is 1. The second-order valence-corrected chi connectivity index (χ2v) is 9.71. The van der Waals surface area contributed by atoms with Crippen molar-refractivity contribution >= 4 is 18.1 Å². The molecule has 0 aromatic carbocycles. The number of allylic oxidation sites excluding steroid dienone is 2. The third-order valence-corrected chi connectivity index (χ3v) is 8.29. The Balaban J connectivity index is 1.71. The molecule has 29 heavy (non-hydrogen) atoms. The lowest BCUT2D eigenvalue weighted by Gasteiger charge is -2.54. The minimum atomic E-state index is -0.509. The summed E-state index contributed by atoms with van der Waals surface area (Å²) < 4.78 is 0. The summed E-state index contributed by atoms with van der Waals surface area (Å²) in [5, 5.41) is 6.45. The fraction of sp³-hybridized carbons (Fsp3) is 0.792. The maximum Gasteiger partial charge on any atom is 0.433 e. The number of rotatable bonds is 6. The number of carbonyl (C=O) groups excluding carboxylic acids is 2. The molecule has 0 aromatic heterocycles. The minimum Gasteiger partial charge on any atom is -0.323 e. The summed E-state index contributed by atoms with van der Waals surface area (Å²) in [5.41, 5.74) is 2.51. The van der Waals surface area contributed by atoms with E-state index in [9.17, 15) is 9.59 Å². The Morgan fingerprint density at radius 2 is 1.97 bits per heavy atom. The smallest absolute Gasteiger partial charge is 0.323 e. The molecule has 0 aliphatic heterocycles. The van der Waals surface area contributed by atoms with E-state index in [4.69, 9.17) is 4.84 Å². The summed E-state index contributed by atoms with van der Waals surface area (Å²) in [6.07, 6.45) is 13.1. The first-order chi connectivity index (χ1) is 13.9. The molecular formula is C24H38N2O3. The van der Waals surface area contributed by atoms with Crippen molar-refractivity contribution < 1.29 is 14.4 Å². The zero-order chi connectivity index (χ0) is 21.0. The van der Waals surface area contributed by atoms with Gasteiger partial charge in [-0.1, -0.05) is 31.0 Å². The molecule has 1 amide bonds. The van der Waals surface area contributed by atoms with Crippen LogP contribution in [0, 0.1) is 35.0 Å². The molecule has 162 valence electrons. The average molecular weight is 403 g/mol. The number of aldehydes is 1. The largest absolute Gasteiger partial charge is 0.433 e. The molecule has 3 aliphatic carbocycles. The zero-order valence-electron chi connectivity index (χ0n) is 18.6. The number of nitrogens with one attached hydrogen (secondary N) is 1. The average Bonchev–Trinajstić information content (AvgIpc) is 3.11. The fourth-order valence-corrected chi connectivity index (χ4v) is 7.16. The molecule has 6 atom stereocenters. The summed E-state index contributed by atoms with van der Waals surface area (Å²) >= 11 is 0. The van der Waals surface area contributed by atoms with Gasteiger partial charge in [-0.3, -0.25) is 9.63 Å². The molecule has 0 spiro atoms. The number of hydrogen-bond acceptors (Lipinski definition) is 4. The van der Waals surface area contributed by atoms with E-state index < -0.39 is 6.09 Å². The van der Waals surface area contributed by atoms with Crippen molar-refractivity contribution in [1.82, 2.24) is 5.32 Å². The Labute approximate surface area is 175 Å².